The highest BCUT2D eigenvalue weighted by molar-refractivity contribution is 7.99. The van der Waals surface area contributed by atoms with E-state index in [1.807, 2.05) is 43.3 Å². The van der Waals surface area contributed by atoms with Gasteiger partial charge in [0.05, 0.1) is 36.9 Å². The normalized spacial score (nSPS) is 10.8. The number of para-hydroxylation sites is 1. The highest BCUT2D eigenvalue weighted by Gasteiger charge is 2.14. The van der Waals surface area contributed by atoms with Crippen molar-refractivity contribution in [1.82, 2.24) is 9.55 Å². The fourth-order valence-corrected chi connectivity index (χ4v) is 3.60. The van der Waals surface area contributed by atoms with Crippen molar-refractivity contribution in [2.24, 2.45) is 0 Å². The topological polar surface area (TPSA) is 70.4 Å². The number of thioether (sulfide) groups is 1. The summed E-state index contributed by atoms with van der Waals surface area (Å²) in [6.45, 7) is 2.81. The van der Waals surface area contributed by atoms with Crippen molar-refractivity contribution in [3.8, 4) is 5.75 Å². The third kappa shape index (κ3) is 5.38. The average Bonchev–Trinajstić information content (AvgIpc) is 2.75. The zero-order valence-corrected chi connectivity index (χ0v) is 17.4. The Hall–Kier alpha value is -2.80. The Morgan fingerprint density at radius 3 is 2.62 bits per heavy atom. The van der Waals surface area contributed by atoms with Gasteiger partial charge in [-0.05, 0) is 36.2 Å². The fourth-order valence-electron chi connectivity index (χ4n) is 2.81. The predicted octanol–water partition coefficient (Wildman–Crippen LogP) is 3.89. The molecule has 152 valence electrons. The van der Waals surface area contributed by atoms with Crippen molar-refractivity contribution < 1.29 is 14.3 Å². The molecule has 0 spiro atoms. The number of rotatable bonds is 9. The summed E-state index contributed by atoms with van der Waals surface area (Å²) >= 11 is 1.22. The van der Waals surface area contributed by atoms with Crippen LogP contribution >= 0.6 is 11.8 Å². The summed E-state index contributed by atoms with van der Waals surface area (Å²) in [5, 5.41) is 1.05. The van der Waals surface area contributed by atoms with Crippen molar-refractivity contribution in [1.29, 1.82) is 0 Å². The van der Waals surface area contributed by atoms with E-state index >= 15 is 0 Å². The lowest BCUT2D eigenvalue weighted by molar-refractivity contribution is -0.140. The molecule has 0 atom stereocenters. The minimum Gasteiger partial charge on any atom is -0.497 e. The van der Waals surface area contributed by atoms with E-state index < -0.39 is 0 Å². The smallest absolute Gasteiger partial charge is 0.316 e. The molecule has 0 aliphatic heterocycles. The first kappa shape index (κ1) is 20.9. The minimum absolute atomic E-state index is 0.108. The molecular weight excluding hydrogens is 388 g/mol. The van der Waals surface area contributed by atoms with E-state index in [1.54, 1.807) is 23.8 Å². The van der Waals surface area contributed by atoms with Crippen LogP contribution in [0.2, 0.25) is 0 Å². The van der Waals surface area contributed by atoms with Gasteiger partial charge < -0.3 is 9.47 Å². The molecule has 0 aliphatic carbocycles. The Morgan fingerprint density at radius 1 is 1.14 bits per heavy atom. The van der Waals surface area contributed by atoms with Crippen molar-refractivity contribution in [2.45, 2.75) is 31.5 Å². The maximum Gasteiger partial charge on any atom is 0.316 e. The van der Waals surface area contributed by atoms with Crippen LogP contribution < -0.4 is 10.3 Å². The third-order valence-electron chi connectivity index (χ3n) is 4.41. The lowest BCUT2D eigenvalue weighted by atomic mass is 10.2. The molecule has 2 aromatic carbocycles. The van der Waals surface area contributed by atoms with Gasteiger partial charge in [0.1, 0.15) is 5.75 Å². The number of aromatic nitrogens is 2. The van der Waals surface area contributed by atoms with Crippen LogP contribution in [0.4, 0.5) is 0 Å². The Morgan fingerprint density at radius 2 is 1.90 bits per heavy atom. The second-order valence-electron chi connectivity index (χ2n) is 6.51. The summed E-state index contributed by atoms with van der Waals surface area (Å²) in [5.41, 5.74) is 1.43. The van der Waals surface area contributed by atoms with Gasteiger partial charge in [-0.3, -0.25) is 14.2 Å². The SMILES string of the molecule is CCCCOC(=O)CSc1nc2ccccc2c(=O)n1Cc1ccc(OC)cc1. The fraction of sp³-hybridized carbons (Fsp3) is 0.318. The van der Waals surface area contributed by atoms with Crippen LogP contribution in [0.1, 0.15) is 25.3 Å². The Balaban J connectivity index is 1.88. The van der Waals surface area contributed by atoms with E-state index in [0.717, 1.165) is 24.2 Å². The number of esters is 1. The Labute approximate surface area is 173 Å². The molecule has 0 amide bonds. The van der Waals surface area contributed by atoms with Crippen LogP contribution in [0.5, 0.6) is 5.75 Å². The molecule has 1 heterocycles. The largest absolute Gasteiger partial charge is 0.497 e. The quantitative estimate of drug-likeness (QED) is 0.230. The number of hydrogen-bond donors (Lipinski definition) is 0. The summed E-state index contributed by atoms with van der Waals surface area (Å²) in [4.78, 5) is 29.7. The molecule has 0 N–H and O–H groups in total. The number of unbranched alkanes of at least 4 members (excludes halogenated alkanes) is 1. The van der Waals surface area contributed by atoms with Gasteiger partial charge in [-0.1, -0.05) is 49.4 Å². The van der Waals surface area contributed by atoms with Gasteiger partial charge in [0.2, 0.25) is 0 Å². The number of hydrogen-bond acceptors (Lipinski definition) is 6. The van der Waals surface area contributed by atoms with E-state index in [-0.39, 0.29) is 17.3 Å². The zero-order chi connectivity index (χ0) is 20.6. The molecule has 6 nitrogen and oxygen atoms in total. The second kappa shape index (κ2) is 10.1. The summed E-state index contributed by atoms with van der Waals surface area (Å²) in [6.07, 6.45) is 1.81. The minimum atomic E-state index is -0.304. The molecule has 0 bridgehead atoms. The van der Waals surface area contributed by atoms with E-state index in [4.69, 9.17) is 9.47 Å². The predicted molar refractivity (Wildman–Crippen MR) is 115 cm³/mol. The van der Waals surface area contributed by atoms with Gasteiger partial charge in [-0.15, -0.1) is 0 Å². The first-order valence-electron chi connectivity index (χ1n) is 9.53. The van der Waals surface area contributed by atoms with Gasteiger partial charge in [0.15, 0.2) is 5.16 Å². The van der Waals surface area contributed by atoms with Crippen molar-refractivity contribution in [3.05, 3.63) is 64.4 Å². The molecule has 3 rings (SSSR count). The molecule has 7 heteroatoms. The van der Waals surface area contributed by atoms with Crippen molar-refractivity contribution in [2.75, 3.05) is 19.5 Å². The molecule has 3 aromatic rings. The van der Waals surface area contributed by atoms with E-state index in [0.29, 0.717) is 29.2 Å². The summed E-state index contributed by atoms with van der Waals surface area (Å²) in [6, 6.07) is 14.8. The Kier molecular flexibility index (Phi) is 7.30. The van der Waals surface area contributed by atoms with Crippen LogP contribution in [0.15, 0.2) is 58.5 Å². The molecule has 0 saturated carbocycles. The molecular formula is C22H24N2O4S. The van der Waals surface area contributed by atoms with Crippen LogP contribution in [0.25, 0.3) is 10.9 Å². The van der Waals surface area contributed by atoms with Crippen molar-refractivity contribution in [3.63, 3.8) is 0 Å². The third-order valence-corrected chi connectivity index (χ3v) is 5.36. The van der Waals surface area contributed by atoms with Gasteiger partial charge >= 0.3 is 5.97 Å². The lowest BCUT2D eigenvalue weighted by Crippen LogP contribution is -2.24. The second-order valence-corrected chi connectivity index (χ2v) is 7.46. The lowest BCUT2D eigenvalue weighted by Gasteiger charge is -2.13. The molecule has 29 heavy (non-hydrogen) atoms. The van der Waals surface area contributed by atoms with Gasteiger partial charge in [0.25, 0.3) is 5.56 Å². The number of carbonyl (C=O) groups excluding carboxylic acids is 1. The molecule has 0 aliphatic rings. The van der Waals surface area contributed by atoms with Crippen LogP contribution in [0, 0.1) is 0 Å². The van der Waals surface area contributed by atoms with Gasteiger partial charge in [-0.2, -0.15) is 0 Å². The summed E-state index contributed by atoms with van der Waals surface area (Å²) < 4.78 is 12.0. The number of fused-ring (bicyclic) bond motifs is 1. The first-order chi connectivity index (χ1) is 14.1. The van der Waals surface area contributed by atoms with Crippen LogP contribution in [-0.4, -0.2) is 35.0 Å². The maximum absolute atomic E-state index is 13.1. The molecule has 0 radical (unpaired) electrons. The van der Waals surface area contributed by atoms with E-state index in [9.17, 15) is 9.59 Å². The van der Waals surface area contributed by atoms with Gasteiger partial charge in [0, 0.05) is 0 Å². The molecule has 0 fully saturated rings. The Bertz CT molecular complexity index is 1030. The van der Waals surface area contributed by atoms with Crippen molar-refractivity contribution >= 4 is 28.6 Å². The van der Waals surface area contributed by atoms with Crippen LogP contribution in [-0.2, 0) is 16.1 Å². The standard InChI is InChI=1S/C22H24N2O4S/c1-3-4-13-28-20(25)15-29-22-23-19-8-6-5-7-18(19)21(26)24(22)14-16-9-11-17(27-2)12-10-16/h5-12H,3-4,13-15H2,1-2H3. The number of nitrogens with zero attached hydrogens (tertiary/aromatic N) is 2. The monoisotopic (exact) mass is 412 g/mol. The molecule has 0 unspecified atom stereocenters. The van der Waals surface area contributed by atoms with E-state index in [2.05, 4.69) is 4.98 Å². The number of methoxy groups -OCH3 is 1. The van der Waals surface area contributed by atoms with E-state index in [1.165, 1.54) is 11.8 Å². The van der Waals surface area contributed by atoms with Gasteiger partial charge in [-0.25, -0.2) is 4.98 Å². The zero-order valence-electron chi connectivity index (χ0n) is 16.6. The first-order valence-corrected chi connectivity index (χ1v) is 10.5. The molecule has 0 saturated heterocycles. The number of benzene rings is 2. The summed E-state index contributed by atoms with van der Waals surface area (Å²) in [7, 11) is 1.61. The number of carbonyl (C=O) groups is 1. The average molecular weight is 413 g/mol. The number of ether oxygens (including phenoxy) is 2. The van der Waals surface area contributed by atoms with Crippen LogP contribution in [0.3, 0.4) is 0 Å². The highest BCUT2D eigenvalue weighted by Crippen LogP contribution is 2.20. The summed E-state index contributed by atoms with van der Waals surface area (Å²) in [5.74, 6) is 0.556. The maximum atomic E-state index is 13.1. The molecule has 1 aromatic heterocycles. The highest BCUT2D eigenvalue weighted by atomic mass is 32.2.